The van der Waals surface area contributed by atoms with Gasteiger partial charge in [0, 0.05) is 64.8 Å². The van der Waals surface area contributed by atoms with Crippen LogP contribution in [-0.2, 0) is 34.4 Å². The number of aromatic nitrogens is 2. The number of alkyl halides is 1. The third-order valence-corrected chi connectivity index (χ3v) is 11.6. The zero-order chi connectivity index (χ0) is 36.9. The van der Waals surface area contributed by atoms with E-state index in [1.54, 1.807) is 0 Å². The van der Waals surface area contributed by atoms with Gasteiger partial charge in [0.25, 0.3) is 0 Å². The summed E-state index contributed by atoms with van der Waals surface area (Å²) >= 11 is 0. The number of benzene rings is 2. The fourth-order valence-corrected chi connectivity index (χ4v) is 8.75. The van der Waals surface area contributed by atoms with Crippen molar-refractivity contribution in [2.45, 2.75) is 84.0 Å². The van der Waals surface area contributed by atoms with Crippen LogP contribution >= 0.6 is 0 Å². The molecule has 3 aliphatic heterocycles. The minimum atomic E-state index is -0.647. The summed E-state index contributed by atoms with van der Waals surface area (Å²) in [4.78, 5) is 51.6. The molecule has 6 rings (SSSR count). The zero-order valence-electron chi connectivity index (χ0n) is 31.7. The first-order valence-electron chi connectivity index (χ1n) is 19.1. The topological polar surface area (TPSA) is 94.0 Å². The first-order valence-corrected chi connectivity index (χ1v) is 19.1. The molecule has 2 aromatic carbocycles. The van der Waals surface area contributed by atoms with Crippen LogP contribution in [0.15, 0.2) is 48.7 Å². The Morgan fingerprint density at radius 1 is 1.00 bits per heavy atom. The number of amides is 3. The summed E-state index contributed by atoms with van der Waals surface area (Å²) in [6.45, 7) is 9.96. The van der Waals surface area contributed by atoms with Gasteiger partial charge in [0.2, 0.25) is 17.7 Å². The number of nitrogens with one attached hydrogen (secondary N) is 1. The number of piperidine rings is 2. The lowest BCUT2D eigenvalue weighted by atomic mass is 9.85. The monoisotopic (exact) mass is 714 g/mol. The molecule has 1 aromatic heterocycles. The van der Waals surface area contributed by atoms with Gasteiger partial charge >= 0.3 is 0 Å². The lowest BCUT2D eigenvalue weighted by molar-refractivity contribution is -0.153. The van der Waals surface area contributed by atoms with E-state index >= 15 is 4.79 Å². The van der Waals surface area contributed by atoms with Gasteiger partial charge < -0.3 is 20.0 Å². The van der Waals surface area contributed by atoms with E-state index in [0.717, 1.165) is 61.8 Å². The summed E-state index contributed by atoms with van der Waals surface area (Å²) in [5.41, 5.74) is 4.38. The van der Waals surface area contributed by atoms with Gasteiger partial charge in [-0.3, -0.25) is 24.0 Å². The molecule has 3 aliphatic rings. The largest absolute Gasteiger partial charge is 0.350 e. The first kappa shape index (κ1) is 37.9. The predicted molar refractivity (Wildman–Crippen MR) is 202 cm³/mol. The molecular weight excluding hydrogens is 657 g/mol. The molecule has 3 fully saturated rings. The van der Waals surface area contributed by atoms with Crippen LogP contribution in [0, 0.1) is 24.7 Å². The molecule has 3 amide bonds. The molecule has 4 atom stereocenters. The van der Waals surface area contributed by atoms with Crippen molar-refractivity contribution >= 4 is 28.6 Å². The van der Waals surface area contributed by atoms with Crippen molar-refractivity contribution in [1.29, 1.82) is 0 Å². The molecule has 10 nitrogen and oxygen atoms in total. The second-order valence-electron chi connectivity index (χ2n) is 15.8. The molecule has 1 N–H and O–H groups in total. The van der Waals surface area contributed by atoms with Crippen molar-refractivity contribution < 1.29 is 18.8 Å². The molecule has 0 aliphatic carbocycles. The molecule has 1 radical (unpaired) electrons. The van der Waals surface area contributed by atoms with E-state index in [4.69, 9.17) is 0 Å². The summed E-state index contributed by atoms with van der Waals surface area (Å²) < 4.78 is 14.8. The van der Waals surface area contributed by atoms with Crippen LogP contribution < -0.4 is 5.32 Å². The van der Waals surface area contributed by atoms with Crippen LogP contribution in [0.4, 0.5) is 4.39 Å². The van der Waals surface area contributed by atoms with Crippen molar-refractivity contribution in [3.8, 4) is 0 Å². The highest BCUT2D eigenvalue weighted by Crippen LogP contribution is 2.34. The number of hydrogen-bond donors (Lipinski definition) is 1. The number of rotatable bonds is 12. The number of halogens is 1. The van der Waals surface area contributed by atoms with Gasteiger partial charge in [-0.05, 0) is 87.1 Å². The van der Waals surface area contributed by atoms with Crippen LogP contribution in [0.2, 0.25) is 0 Å². The number of carbonyl (C=O) groups is 3. The molecule has 281 valence electrons. The van der Waals surface area contributed by atoms with E-state index in [1.165, 1.54) is 17.0 Å². The standard InChI is InChI=1S/C41H57FN7O3/c1-28(2)26-48-17-6-7-35(40(51)45(4)34-14-18-47(19-15-34)20-16-42)38(48)41(52)49-27-32(21-30-10-8-29(3)9-11-30)23-37(49)39(50)43-24-31-12-13-36-33(22-31)25-44-46(36)5/h8-13,22,25,32,34-35,37-38H,6-7,14-21,23-24,26-27H2,1-5H3,(H,43,50)/t32-,35+,37+,38-/m1/s1. The van der Waals surface area contributed by atoms with Gasteiger partial charge in [0.05, 0.1) is 17.6 Å². The third kappa shape index (κ3) is 8.68. The van der Waals surface area contributed by atoms with Crippen molar-refractivity contribution in [1.82, 2.24) is 34.7 Å². The maximum absolute atomic E-state index is 15.1. The Morgan fingerprint density at radius 2 is 1.73 bits per heavy atom. The molecule has 0 saturated carbocycles. The smallest absolute Gasteiger partial charge is 0.243 e. The number of fused-ring (bicyclic) bond motifs is 1. The second kappa shape index (κ2) is 16.9. The van der Waals surface area contributed by atoms with E-state index in [-0.39, 0.29) is 36.4 Å². The third-order valence-electron chi connectivity index (χ3n) is 11.6. The molecule has 11 heteroatoms. The van der Waals surface area contributed by atoms with Crippen LogP contribution in [0.3, 0.4) is 0 Å². The summed E-state index contributed by atoms with van der Waals surface area (Å²) in [5, 5.41) is 8.52. The lowest BCUT2D eigenvalue weighted by Gasteiger charge is -2.45. The van der Waals surface area contributed by atoms with Gasteiger partial charge in [-0.25, -0.2) is 4.39 Å². The normalized spacial score (nSPS) is 23.4. The fraction of sp³-hybridized carbons (Fsp3) is 0.585. The number of carbonyl (C=O) groups excluding carboxylic acids is 3. The summed E-state index contributed by atoms with van der Waals surface area (Å²) in [7, 11) is 3.79. The van der Waals surface area contributed by atoms with Gasteiger partial charge in [0.15, 0.2) is 0 Å². The van der Waals surface area contributed by atoms with E-state index in [9.17, 15) is 14.0 Å². The van der Waals surface area contributed by atoms with E-state index in [2.05, 4.69) is 65.3 Å². The highest BCUT2D eigenvalue weighted by atomic mass is 19.1. The average molecular weight is 715 g/mol. The molecular formula is C41H57FN7O3. The zero-order valence-corrected chi connectivity index (χ0v) is 31.7. The molecule has 3 saturated heterocycles. The summed E-state index contributed by atoms with van der Waals surface area (Å²) in [5.74, 6) is 0.513. The fourth-order valence-electron chi connectivity index (χ4n) is 8.75. The van der Waals surface area contributed by atoms with E-state index < -0.39 is 18.0 Å². The summed E-state index contributed by atoms with van der Waals surface area (Å²) in [6.07, 6.45) is 6.21. The predicted octanol–water partition coefficient (Wildman–Crippen LogP) is 4.54. The Morgan fingerprint density at radius 3 is 2.44 bits per heavy atom. The maximum atomic E-state index is 15.1. The molecule has 0 spiro atoms. The Bertz CT molecular complexity index is 1690. The van der Waals surface area contributed by atoms with Crippen molar-refractivity contribution in [2.75, 3.05) is 53.0 Å². The quantitative estimate of drug-likeness (QED) is 0.296. The van der Waals surface area contributed by atoms with Crippen LogP contribution in [-0.4, -0.2) is 118 Å². The number of likely N-dealkylation sites (tertiary alicyclic amines) is 3. The second-order valence-corrected chi connectivity index (χ2v) is 15.8. The minimum absolute atomic E-state index is 0.00273. The minimum Gasteiger partial charge on any atom is -0.350 e. The van der Waals surface area contributed by atoms with Crippen LogP contribution in [0.25, 0.3) is 10.9 Å². The highest BCUT2D eigenvalue weighted by Gasteiger charge is 2.48. The van der Waals surface area contributed by atoms with Crippen LogP contribution in [0.1, 0.15) is 62.6 Å². The van der Waals surface area contributed by atoms with Gasteiger partial charge in [-0.15, -0.1) is 0 Å². The van der Waals surface area contributed by atoms with Gasteiger partial charge in [-0.1, -0.05) is 49.7 Å². The Kier molecular flexibility index (Phi) is 12.3. The SMILES string of the molecule is C[C](C)CN1CCC[C@H](C(=O)N(C)C2CCN(CCF)CC2)[C@@H]1C(=O)N1C[C@H](Cc2ccc(C)cc2)C[C@H]1C(=O)NCc1ccc2c(cnn2C)c1. The maximum Gasteiger partial charge on any atom is 0.243 e. The van der Waals surface area contributed by atoms with Gasteiger partial charge in [-0.2, -0.15) is 5.10 Å². The van der Waals surface area contributed by atoms with Crippen molar-refractivity contribution in [3.05, 3.63) is 71.3 Å². The number of aryl methyl sites for hydroxylation is 2. The Labute approximate surface area is 308 Å². The van der Waals surface area contributed by atoms with Gasteiger partial charge in [0.1, 0.15) is 18.8 Å². The molecule has 0 unspecified atom stereocenters. The summed E-state index contributed by atoms with van der Waals surface area (Å²) in [6, 6.07) is 13.3. The van der Waals surface area contributed by atoms with Crippen LogP contribution in [0.5, 0.6) is 0 Å². The lowest BCUT2D eigenvalue weighted by Crippen LogP contribution is -2.61. The van der Waals surface area contributed by atoms with Crippen molar-refractivity contribution in [2.24, 2.45) is 18.9 Å². The molecule has 4 heterocycles. The van der Waals surface area contributed by atoms with Crippen molar-refractivity contribution in [3.63, 3.8) is 0 Å². The number of hydrogen-bond acceptors (Lipinski definition) is 6. The van der Waals surface area contributed by atoms with E-state index in [0.29, 0.717) is 39.0 Å². The highest BCUT2D eigenvalue weighted by molar-refractivity contribution is 5.94. The first-order chi connectivity index (χ1) is 25.0. The average Bonchev–Trinajstić information content (AvgIpc) is 3.73. The molecule has 52 heavy (non-hydrogen) atoms. The molecule has 3 aromatic rings. The Hall–Kier alpha value is -3.83. The van der Waals surface area contributed by atoms with E-state index in [1.807, 2.05) is 53.0 Å². The number of nitrogens with zero attached hydrogens (tertiary/aromatic N) is 6. The molecule has 0 bridgehead atoms. The Balaban J connectivity index is 1.24.